The number of rotatable bonds is 2. The Kier molecular flexibility index (Phi) is 2.99. The van der Waals surface area contributed by atoms with Crippen LogP contribution < -0.4 is 0 Å². The largest absolute Gasteiger partial charge is 0.394 e. The highest BCUT2D eigenvalue weighted by Gasteiger charge is 2.44. The summed E-state index contributed by atoms with van der Waals surface area (Å²) in [4.78, 5) is 0. The van der Waals surface area contributed by atoms with Crippen LogP contribution in [0.15, 0.2) is 0 Å². The molecular formula is C6H12O6. The van der Waals surface area contributed by atoms with E-state index in [0.29, 0.717) is 0 Å². The van der Waals surface area contributed by atoms with Gasteiger partial charge in [-0.15, -0.1) is 0 Å². The molecule has 0 spiro atoms. The zero-order valence-corrected chi connectivity index (χ0v) is 6.24. The molecule has 1 unspecified atom stereocenters. The molecule has 5 N–H and O–H groups in total. The maximum absolute atomic E-state index is 9.12. The number of ether oxygens (including phenoxy) is 1. The second-order valence-electron chi connectivity index (χ2n) is 2.72. The van der Waals surface area contributed by atoms with Crippen LogP contribution in [0.25, 0.3) is 0 Å². The third kappa shape index (κ3) is 1.58. The van der Waals surface area contributed by atoms with E-state index in [1.807, 2.05) is 0 Å². The molecule has 72 valence electrons. The second-order valence-corrected chi connectivity index (χ2v) is 2.72. The Hall–Kier alpha value is -0.240. The van der Waals surface area contributed by atoms with E-state index in [0.717, 1.165) is 0 Å². The maximum Gasteiger partial charge on any atom is 0.184 e. The van der Waals surface area contributed by atoms with Crippen LogP contribution in [0.3, 0.4) is 0 Å². The van der Waals surface area contributed by atoms with Crippen molar-refractivity contribution in [3.8, 4) is 0 Å². The number of aliphatic hydroxyl groups excluding tert-OH is 5. The molecule has 0 bridgehead atoms. The first kappa shape index (κ1) is 9.85. The molecule has 1 aliphatic heterocycles. The molecule has 12 heavy (non-hydrogen) atoms. The number of hydrogen-bond donors (Lipinski definition) is 5. The topological polar surface area (TPSA) is 110 Å². The molecule has 0 aromatic rings. The lowest BCUT2D eigenvalue weighted by Crippen LogP contribution is -2.40. The maximum atomic E-state index is 9.12. The molecule has 0 aromatic carbocycles. The first-order chi connectivity index (χ1) is 5.57. The average Bonchev–Trinajstić information content (AvgIpc) is 2.32. The van der Waals surface area contributed by atoms with Crippen LogP contribution >= 0.6 is 0 Å². The van der Waals surface area contributed by atoms with Crippen LogP contribution in [0.5, 0.6) is 0 Å². The van der Waals surface area contributed by atoms with Crippen molar-refractivity contribution >= 4 is 0 Å². The molecule has 1 heterocycles. The predicted octanol–water partition coefficient (Wildman–Crippen LogP) is -3.22. The molecule has 0 amide bonds. The zero-order chi connectivity index (χ0) is 9.30. The molecule has 0 aliphatic carbocycles. The molecule has 1 rings (SSSR count). The fourth-order valence-corrected chi connectivity index (χ4v) is 1.11. The third-order valence-electron chi connectivity index (χ3n) is 1.84. The van der Waals surface area contributed by atoms with E-state index in [9.17, 15) is 0 Å². The van der Waals surface area contributed by atoms with Crippen LogP contribution in [0.2, 0.25) is 0 Å². The van der Waals surface area contributed by atoms with Crippen LogP contribution in [-0.4, -0.2) is 62.8 Å². The zero-order valence-electron chi connectivity index (χ0n) is 6.24. The van der Waals surface area contributed by atoms with E-state index in [2.05, 4.69) is 4.74 Å². The van der Waals surface area contributed by atoms with Crippen molar-refractivity contribution in [1.29, 1.82) is 0 Å². The van der Waals surface area contributed by atoms with Gasteiger partial charge < -0.3 is 30.3 Å². The summed E-state index contributed by atoms with van der Waals surface area (Å²) >= 11 is 0. The van der Waals surface area contributed by atoms with Crippen molar-refractivity contribution in [2.24, 2.45) is 0 Å². The monoisotopic (exact) mass is 180 g/mol. The molecule has 6 heteroatoms. The van der Waals surface area contributed by atoms with Gasteiger partial charge in [0.2, 0.25) is 0 Å². The van der Waals surface area contributed by atoms with Gasteiger partial charge in [0.1, 0.15) is 24.4 Å². The Morgan fingerprint density at radius 1 is 1.17 bits per heavy atom. The Bertz CT molecular complexity index is 151. The van der Waals surface area contributed by atoms with Gasteiger partial charge in [-0.1, -0.05) is 0 Å². The Morgan fingerprint density at radius 3 is 2.08 bits per heavy atom. The summed E-state index contributed by atoms with van der Waals surface area (Å²) in [5, 5.41) is 44.4. The molecule has 0 aromatic heterocycles. The summed E-state index contributed by atoms with van der Waals surface area (Å²) in [7, 11) is 0. The normalized spacial score (nSPS) is 44.8. The highest BCUT2D eigenvalue weighted by atomic mass is 16.6. The fourth-order valence-electron chi connectivity index (χ4n) is 1.11. The Morgan fingerprint density at radius 2 is 1.75 bits per heavy atom. The van der Waals surface area contributed by atoms with Gasteiger partial charge in [-0.25, -0.2) is 0 Å². The standard InChI is InChI=1S/C6H12O6/c7-1-2(8)5-3(9)4(10)6(11)12-5/h2-11H,1H2/t2-,3?,4+,5+,6+/m0/s1. The molecule has 1 aliphatic rings. The van der Waals surface area contributed by atoms with Gasteiger partial charge in [0.05, 0.1) is 6.61 Å². The lowest BCUT2D eigenvalue weighted by molar-refractivity contribution is -0.150. The van der Waals surface area contributed by atoms with Crippen LogP contribution in [0.4, 0.5) is 0 Å². The number of aliphatic hydroxyl groups is 5. The van der Waals surface area contributed by atoms with Gasteiger partial charge in [-0.2, -0.15) is 0 Å². The summed E-state index contributed by atoms with van der Waals surface area (Å²) < 4.78 is 4.58. The SMILES string of the molecule is OC[C@H](O)[C@H]1O[C@@H](O)[C@H](O)C1O. The van der Waals surface area contributed by atoms with Crippen LogP contribution in [0.1, 0.15) is 0 Å². The predicted molar refractivity (Wildman–Crippen MR) is 36.0 cm³/mol. The number of hydrogen-bond acceptors (Lipinski definition) is 6. The molecule has 5 atom stereocenters. The quantitative estimate of drug-likeness (QED) is 0.306. The van der Waals surface area contributed by atoms with Crippen LogP contribution in [0, 0.1) is 0 Å². The van der Waals surface area contributed by atoms with Gasteiger partial charge in [0, 0.05) is 0 Å². The molecule has 0 saturated carbocycles. The van der Waals surface area contributed by atoms with E-state index < -0.39 is 37.3 Å². The highest BCUT2D eigenvalue weighted by molar-refractivity contribution is 4.89. The van der Waals surface area contributed by atoms with E-state index in [4.69, 9.17) is 25.5 Å². The summed E-state index contributed by atoms with van der Waals surface area (Å²) in [6.07, 6.45) is -6.75. The smallest absolute Gasteiger partial charge is 0.184 e. The van der Waals surface area contributed by atoms with Crippen molar-refractivity contribution in [2.75, 3.05) is 6.61 Å². The lowest BCUT2D eigenvalue weighted by atomic mass is 10.1. The Balaban J connectivity index is 2.58. The molecule has 1 saturated heterocycles. The van der Waals surface area contributed by atoms with E-state index in [1.165, 1.54) is 0 Å². The van der Waals surface area contributed by atoms with Gasteiger partial charge in [-0.3, -0.25) is 0 Å². The van der Waals surface area contributed by atoms with Crippen molar-refractivity contribution in [1.82, 2.24) is 0 Å². The van der Waals surface area contributed by atoms with Gasteiger partial charge in [0.15, 0.2) is 6.29 Å². The van der Waals surface area contributed by atoms with E-state index >= 15 is 0 Å². The van der Waals surface area contributed by atoms with Crippen molar-refractivity contribution in [3.05, 3.63) is 0 Å². The highest BCUT2D eigenvalue weighted by Crippen LogP contribution is 2.21. The first-order valence-electron chi connectivity index (χ1n) is 3.56. The summed E-state index contributed by atoms with van der Waals surface area (Å²) in [6.45, 7) is -0.596. The summed E-state index contributed by atoms with van der Waals surface area (Å²) in [5.74, 6) is 0. The molecular weight excluding hydrogens is 168 g/mol. The fraction of sp³-hybridized carbons (Fsp3) is 1.00. The summed E-state index contributed by atoms with van der Waals surface area (Å²) in [5.41, 5.74) is 0. The minimum Gasteiger partial charge on any atom is -0.394 e. The van der Waals surface area contributed by atoms with Gasteiger partial charge in [0.25, 0.3) is 0 Å². The minimum atomic E-state index is -1.51. The third-order valence-corrected chi connectivity index (χ3v) is 1.84. The van der Waals surface area contributed by atoms with Crippen molar-refractivity contribution in [2.45, 2.75) is 30.7 Å². The van der Waals surface area contributed by atoms with Gasteiger partial charge in [-0.05, 0) is 0 Å². The van der Waals surface area contributed by atoms with Crippen molar-refractivity contribution in [3.63, 3.8) is 0 Å². The van der Waals surface area contributed by atoms with E-state index in [-0.39, 0.29) is 0 Å². The van der Waals surface area contributed by atoms with Gasteiger partial charge >= 0.3 is 0 Å². The van der Waals surface area contributed by atoms with E-state index in [1.54, 1.807) is 0 Å². The lowest BCUT2D eigenvalue weighted by Gasteiger charge is -2.18. The molecule has 6 nitrogen and oxygen atoms in total. The average molecular weight is 180 g/mol. The minimum absolute atomic E-state index is 0.596. The Labute approximate surface area is 68.6 Å². The molecule has 1 fully saturated rings. The summed E-state index contributed by atoms with van der Waals surface area (Å²) in [6, 6.07) is 0. The van der Waals surface area contributed by atoms with Crippen molar-refractivity contribution < 1.29 is 30.3 Å². The second kappa shape index (κ2) is 3.65. The van der Waals surface area contributed by atoms with Crippen LogP contribution in [-0.2, 0) is 4.74 Å². The first-order valence-corrected chi connectivity index (χ1v) is 3.56. The molecule has 0 radical (unpaired) electrons.